The maximum atomic E-state index is 9.59. The number of esters is 1. The van der Waals surface area contributed by atoms with E-state index in [1.165, 1.54) is 14.0 Å². The molecule has 0 saturated heterocycles. The van der Waals surface area contributed by atoms with Gasteiger partial charge in [0.15, 0.2) is 0 Å². The van der Waals surface area contributed by atoms with Crippen LogP contribution in [0.2, 0.25) is 0 Å². The number of hydrogen-bond donors (Lipinski definition) is 0. The molecule has 0 spiro atoms. The fourth-order valence-corrected chi connectivity index (χ4v) is 1.75. The molecule has 0 atom stereocenters. The van der Waals surface area contributed by atoms with Crippen LogP contribution in [0.4, 0.5) is 0 Å². The molecule has 102 valence electrons. The topological polar surface area (TPSA) is 48.4 Å². The minimum absolute atomic E-state index is 0.245. The quantitative estimate of drug-likeness (QED) is 0.809. The number of aryl methyl sites for hydroxylation is 1. The van der Waals surface area contributed by atoms with Gasteiger partial charge in [-0.25, -0.2) is 4.98 Å². The van der Waals surface area contributed by atoms with Crippen LogP contribution in [-0.4, -0.2) is 18.1 Å². The molecule has 19 heavy (non-hydrogen) atoms. The maximum Gasteiger partial charge on any atom is 0.302 e. The summed E-state index contributed by atoms with van der Waals surface area (Å²) in [5.41, 5.74) is 0.997. The van der Waals surface area contributed by atoms with Gasteiger partial charge in [-0.1, -0.05) is 18.2 Å². The van der Waals surface area contributed by atoms with Crippen molar-refractivity contribution in [2.45, 2.75) is 20.5 Å². The monoisotopic (exact) mass is 279 g/mol. The summed E-state index contributed by atoms with van der Waals surface area (Å²) in [7, 11) is 1.35. The standard InChI is InChI=1S/C11H11NOS.C3H6O2/c1-9-12-10(8-14-9)7-13-11-5-3-2-4-6-11;1-3(4)5-2/h2-6,8H,7H2,1H3;1-2H3. The van der Waals surface area contributed by atoms with Crippen molar-refractivity contribution in [1.29, 1.82) is 0 Å². The van der Waals surface area contributed by atoms with E-state index in [1.807, 2.05) is 42.6 Å². The van der Waals surface area contributed by atoms with Crippen LogP contribution in [0.5, 0.6) is 5.75 Å². The van der Waals surface area contributed by atoms with Gasteiger partial charge in [0.2, 0.25) is 0 Å². The number of carbonyl (C=O) groups is 1. The Kier molecular flexibility index (Phi) is 6.60. The first-order valence-electron chi connectivity index (χ1n) is 5.75. The van der Waals surface area contributed by atoms with E-state index in [1.54, 1.807) is 11.3 Å². The van der Waals surface area contributed by atoms with Crippen LogP contribution >= 0.6 is 11.3 Å². The number of thiazole rings is 1. The first kappa shape index (κ1) is 15.2. The minimum Gasteiger partial charge on any atom is -0.487 e. The lowest BCUT2D eigenvalue weighted by Gasteiger charge is -2.02. The summed E-state index contributed by atoms with van der Waals surface area (Å²) in [4.78, 5) is 13.9. The van der Waals surface area contributed by atoms with Gasteiger partial charge in [-0.3, -0.25) is 4.79 Å². The first-order valence-corrected chi connectivity index (χ1v) is 6.63. The molecule has 1 heterocycles. The number of para-hydroxylation sites is 1. The molecule has 0 aliphatic rings. The number of carbonyl (C=O) groups excluding carboxylic acids is 1. The van der Waals surface area contributed by atoms with Crippen molar-refractivity contribution in [1.82, 2.24) is 4.98 Å². The normalized spacial score (nSPS) is 9.21. The predicted octanol–water partition coefficient (Wildman–Crippen LogP) is 3.21. The van der Waals surface area contributed by atoms with Crippen molar-refractivity contribution < 1.29 is 14.3 Å². The van der Waals surface area contributed by atoms with Crippen LogP contribution in [-0.2, 0) is 16.1 Å². The third-order valence-corrected chi connectivity index (χ3v) is 2.91. The highest BCUT2D eigenvalue weighted by molar-refractivity contribution is 7.09. The molecule has 1 aromatic heterocycles. The van der Waals surface area contributed by atoms with Gasteiger partial charge in [-0.2, -0.15) is 0 Å². The molecule has 0 amide bonds. The first-order chi connectivity index (χ1) is 9.11. The van der Waals surface area contributed by atoms with Gasteiger partial charge in [0, 0.05) is 12.3 Å². The average Bonchev–Trinajstić information content (AvgIpc) is 2.84. The highest BCUT2D eigenvalue weighted by Crippen LogP contribution is 2.13. The minimum atomic E-state index is -0.245. The van der Waals surface area contributed by atoms with Crippen LogP contribution < -0.4 is 4.74 Å². The van der Waals surface area contributed by atoms with Gasteiger partial charge >= 0.3 is 5.97 Å². The zero-order valence-corrected chi connectivity index (χ0v) is 12.1. The number of rotatable bonds is 3. The second kappa shape index (κ2) is 8.26. The highest BCUT2D eigenvalue weighted by atomic mass is 32.1. The van der Waals surface area contributed by atoms with Crippen molar-refractivity contribution in [3.8, 4) is 5.75 Å². The molecule has 0 aliphatic carbocycles. The molecule has 1 aromatic carbocycles. The molecule has 0 saturated carbocycles. The van der Waals surface area contributed by atoms with E-state index in [-0.39, 0.29) is 5.97 Å². The van der Waals surface area contributed by atoms with E-state index in [4.69, 9.17) is 4.74 Å². The summed E-state index contributed by atoms with van der Waals surface area (Å²) in [5.74, 6) is 0.642. The van der Waals surface area contributed by atoms with Crippen molar-refractivity contribution in [2.24, 2.45) is 0 Å². The van der Waals surface area contributed by atoms with E-state index in [0.717, 1.165) is 16.5 Å². The van der Waals surface area contributed by atoms with E-state index in [9.17, 15) is 4.79 Å². The molecule has 0 fully saturated rings. The molecule has 2 rings (SSSR count). The summed E-state index contributed by atoms with van der Waals surface area (Å²) < 4.78 is 9.66. The average molecular weight is 279 g/mol. The molecule has 0 aliphatic heterocycles. The number of methoxy groups -OCH3 is 1. The van der Waals surface area contributed by atoms with Crippen molar-refractivity contribution >= 4 is 17.3 Å². The molecule has 0 N–H and O–H groups in total. The van der Waals surface area contributed by atoms with Gasteiger partial charge in [-0.15, -0.1) is 11.3 Å². The zero-order chi connectivity index (χ0) is 14.1. The summed E-state index contributed by atoms with van der Waals surface area (Å²) in [6.07, 6.45) is 0. The van der Waals surface area contributed by atoms with Crippen LogP contribution in [0, 0.1) is 6.92 Å². The van der Waals surface area contributed by atoms with Crippen molar-refractivity contribution in [2.75, 3.05) is 7.11 Å². The third kappa shape index (κ3) is 6.57. The predicted molar refractivity (Wildman–Crippen MR) is 75.3 cm³/mol. The summed E-state index contributed by atoms with van der Waals surface area (Å²) in [6, 6.07) is 9.78. The van der Waals surface area contributed by atoms with E-state index in [0.29, 0.717) is 6.61 Å². The van der Waals surface area contributed by atoms with Crippen molar-refractivity contribution in [3.63, 3.8) is 0 Å². The SMILES string of the molecule is COC(C)=O.Cc1nc(COc2ccccc2)cs1. The maximum absolute atomic E-state index is 9.59. The Labute approximate surface area is 117 Å². The Balaban J connectivity index is 0.000000312. The summed E-state index contributed by atoms with van der Waals surface area (Å²) in [6.45, 7) is 3.91. The zero-order valence-electron chi connectivity index (χ0n) is 11.3. The van der Waals surface area contributed by atoms with Crippen LogP contribution in [0.25, 0.3) is 0 Å². The second-order valence-electron chi connectivity index (χ2n) is 3.66. The molecule has 5 heteroatoms. The van der Waals surface area contributed by atoms with E-state index < -0.39 is 0 Å². The van der Waals surface area contributed by atoms with E-state index >= 15 is 0 Å². The highest BCUT2D eigenvalue weighted by Gasteiger charge is 1.98. The van der Waals surface area contributed by atoms with Gasteiger partial charge < -0.3 is 9.47 Å². The molecular formula is C14H17NO3S. The van der Waals surface area contributed by atoms with Gasteiger partial charge in [0.05, 0.1) is 17.8 Å². The molecule has 2 aromatic rings. The Morgan fingerprint density at radius 2 is 1.95 bits per heavy atom. The summed E-state index contributed by atoms with van der Waals surface area (Å²) >= 11 is 1.65. The molecule has 0 unspecified atom stereocenters. The number of nitrogens with zero attached hydrogens (tertiary/aromatic N) is 1. The Hall–Kier alpha value is -1.88. The molecular weight excluding hydrogens is 262 g/mol. The van der Waals surface area contributed by atoms with Gasteiger partial charge in [-0.05, 0) is 19.1 Å². The lowest BCUT2D eigenvalue weighted by atomic mass is 10.3. The molecule has 0 bridgehead atoms. The number of benzene rings is 1. The fourth-order valence-electron chi connectivity index (χ4n) is 1.15. The van der Waals surface area contributed by atoms with Crippen LogP contribution in [0.15, 0.2) is 35.7 Å². The van der Waals surface area contributed by atoms with Crippen LogP contribution in [0.1, 0.15) is 17.6 Å². The fraction of sp³-hybridized carbons (Fsp3) is 0.286. The summed E-state index contributed by atoms with van der Waals surface area (Å²) in [5, 5.41) is 3.11. The van der Waals surface area contributed by atoms with Gasteiger partial charge in [0.1, 0.15) is 12.4 Å². The Morgan fingerprint density at radius 3 is 2.42 bits per heavy atom. The van der Waals surface area contributed by atoms with E-state index in [2.05, 4.69) is 9.72 Å². The Bertz CT molecular complexity index is 496. The number of ether oxygens (including phenoxy) is 2. The molecule has 4 nitrogen and oxygen atoms in total. The largest absolute Gasteiger partial charge is 0.487 e. The number of hydrogen-bond acceptors (Lipinski definition) is 5. The second-order valence-corrected chi connectivity index (χ2v) is 4.72. The molecule has 0 radical (unpaired) electrons. The van der Waals surface area contributed by atoms with Gasteiger partial charge in [0.25, 0.3) is 0 Å². The van der Waals surface area contributed by atoms with Crippen molar-refractivity contribution in [3.05, 3.63) is 46.4 Å². The van der Waals surface area contributed by atoms with Crippen LogP contribution in [0.3, 0.4) is 0 Å². The lowest BCUT2D eigenvalue weighted by molar-refractivity contribution is -0.137. The number of aromatic nitrogens is 1. The smallest absolute Gasteiger partial charge is 0.302 e. The lowest BCUT2D eigenvalue weighted by Crippen LogP contribution is -1.95. The third-order valence-electron chi connectivity index (χ3n) is 2.08. The Morgan fingerprint density at radius 1 is 1.32 bits per heavy atom.